The number of hydrogen-bond donors (Lipinski definition) is 1. The van der Waals surface area contributed by atoms with Crippen LogP contribution in [0.15, 0.2) is 42.5 Å². The zero-order chi connectivity index (χ0) is 13.1. The van der Waals surface area contributed by atoms with Gasteiger partial charge in [-0.2, -0.15) is 0 Å². The molecule has 0 amide bonds. The van der Waals surface area contributed by atoms with Crippen LogP contribution in [0.1, 0.15) is 18.5 Å². The fourth-order valence-electron chi connectivity index (χ4n) is 1.74. The monoisotopic (exact) mass is 283 g/mol. The van der Waals surface area contributed by atoms with E-state index >= 15 is 0 Å². The maximum Gasteiger partial charge on any atom is 0.128 e. The highest BCUT2D eigenvalue weighted by atomic mass is 35.5. The molecule has 0 aliphatic heterocycles. The van der Waals surface area contributed by atoms with E-state index in [2.05, 4.69) is 5.32 Å². The fourth-order valence-corrected chi connectivity index (χ4v) is 2.21. The Hall–Kier alpha value is -1.25. The first-order valence-electron chi connectivity index (χ1n) is 5.54. The number of halogens is 3. The molecule has 0 spiro atoms. The topological polar surface area (TPSA) is 12.0 Å². The Labute approximate surface area is 116 Å². The Kier molecular flexibility index (Phi) is 4.10. The lowest BCUT2D eigenvalue weighted by atomic mass is 10.1. The second-order valence-electron chi connectivity index (χ2n) is 4.01. The molecule has 0 radical (unpaired) electrons. The van der Waals surface area contributed by atoms with Crippen LogP contribution in [-0.2, 0) is 0 Å². The van der Waals surface area contributed by atoms with E-state index in [4.69, 9.17) is 23.2 Å². The van der Waals surface area contributed by atoms with Crippen LogP contribution in [0.3, 0.4) is 0 Å². The summed E-state index contributed by atoms with van der Waals surface area (Å²) >= 11 is 11.9. The molecule has 0 saturated heterocycles. The molecule has 0 aromatic heterocycles. The molecule has 1 N–H and O–H groups in total. The van der Waals surface area contributed by atoms with Crippen molar-refractivity contribution in [1.29, 1.82) is 0 Å². The van der Waals surface area contributed by atoms with Crippen LogP contribution in [-0.4, -0.2) is 0 Å². The molecule has 1 atom stereocenters. The average Bonchev–Trinajstić information content (AvgIpc) is 2.33. The van der Waals surface area contributed by atoms with Crippen molar-refractivity contribution in [3.05, 3.63) is 63.9 Å². The second-order valence-corrected chi connectivity index (χ2v) is 4.86. The van der Waals surface area contributed by atoms with Gasteiger partial charge in [-0.1, -0.05) is 41.4 Å². The van der Waals surface area contributed by atoms with Crippen LogP contribution in [0, 0.1) is 5.82 Å². The zero-order valence-electron chi connectivity index (χ0n) is 9.75. The van der Waals surface area contributed by atoms with Crippen LogP contribution in [0.2, 0.25) is 10.0 Å². The molecule has 94 valence electrons. The first kappa shape index (κ1) is 13.2. The maximum absolute atomic E-state index is 13.6. The van der Waals surface area contributed by atoms with E-state index < -0.39 is 0 Å². The number of hydrogen-bond acceptors (Lipinski definition) is 1. The molecule has 1 nitrogen and oxygen atoms in total. The van der Waals surface area contributed by atoms with Gasteiger partial charge in [0.1, 0.15) is 5.82 Å². The molecule has 1 unspecified atom stereocenters. The van der Waals surface area contributed by atoms with E-state index in [0.29, 0.717) is 15.6 Å². The summed E-state index contributed by atoms with van der Waals surface area (Å²) in [5.41, 5.74) is 1.33. The normalized spacial score (nSPS) is 12.2. The molecular formula is C14H12Cl2FN. The fraction of sp³-hybridized carbons (Fsp3) is 0.143. The van der Waals surface area contributed by atoms with Gasteiger partial charge in [-0.25, -0.2) is 4.39 Å². The minimum absolute atomic E-state index is 0.176. The number of rotatable bonds is 3. The summed E-state index contributed by atoms with van der Waals surface area (Å²) in [6, 6.07) is 11.7. The summed E-state index contributed by atoms with van der Waals surface area (Å²) in [6.45, 7) is 1.88. The Balaban J connectivity index is 2.21. The van der Waals surface area contributed by atoms with Crippen molar-refractivity contribution in [2.24, 2.45) is 0 Å². The molecule has 0 aliphatic carbocycles. The van der Waals surface area contributed by atoms with Crippen LogP contribution < -0.4 is 5.32 Å². The first-order chi connectivity index (χ1) is 8.58. The van der Waals surface area contributed by atoms with Crippen molar-refractivity contribution in [3.8, 4) is 0 Å². The number of benzene rings is 2. The summed E-state index contributed by atoms with van der Waals surface area (Å²) < 4.78 is 13.6. The lowest BCUT2D eigenvalue weighted by molar-refractivity contribution is 0.600. The van der Waals surface area contributed by atoms with Gasteiger partial charge < -0.3 is 5.32 Å². The quantitative estimate of drug-likeness (QED) is 0.805. The van der Waals surface area contributed by atoms with Crippen molar-refractivity contribution < 1.29 is 4.39 Å². The lowest BCUT2D eigenvalue weighted by Crippen LogP contribution is -2.08. The molecule has 0 heterocycles. The minimum Gasteiger partial charge on any atom is -0.377 e. The third-order valence-electron chi connectivity index (χ3n) is 2.67. The van der Waals surface area contributed by atoms with Gasteiger partial charge in [0.05, 0.1) is 16.8 Å². The molecule has 0 bridgehead atoms. The molecule has 2 aromatic carbocycles. The van der Waals surface area contributed by atoms with E-state index in [1.54, 1.807) is 36.4 Å². The zero-order valence-corrected chi connectivity index (χ0v) is 11.3. The largest absolute Gasteiger partial charge is 0.377 e. The summed E-state index contributed by atoms with van der Waals surface area (Å²) in [7, 11) is 0. The predicted molar refractivity (Wildman–Crippen MR) is 74.9 cm³/mol. The molecule has 0 fully saturated rings. The van der Waals surface area contributed by atoms with Gasteiger partial charge >= 0.3 is 0 Å². The maximum atomic E-state index is 13.6. The van der Waals surface area contributed by atoms with Crippen molar-refractivity contribution in [2.75, 3.05) is 5.32 Å². The molecule has 2 rings (SSSR count). The van der Waals surface area contributed by atoms with E-state index in [0.717, 1.165) is 5.69 Å². The van der Waals surface area contributed by atoms with Gasteiger partial charge in [-0.15, -0.1) is 0 Å². The third-order valence-corrected chi connectivity index (χ3v) is 3.22. The molecule has 4 heteroatoms. The average molecular weight is 284 g/mol. The highest BCUT2D eigenvalue weighted by Crippen LogP contribution is 2.29. The molecule has 0 aliphatic rings. The Morgan fingerprint density at radius 1 is 1.11 bits per heavy atom. The van der Waals surface area contributed by atoms with Crippen molar-refractivity contribution in [2.45, 2.75) is 13.0 Å². The van der Waals surface area contributed by atoms with Crippen LogP contribution in [0.4, 0.5) is 10.1 Å². The van der Waals surface area contributed by atoms with Gasteiger partial charge in [0.15, 0.2) is 0 Å². The highest BCUT2D eigenvalue weighted by molar-refractivity contribution is 6.36. The third kappa shape index (κ3) is 2.95. The molecule has 0 saturated carbocycles. The summed E-state index contributed by atoms with van der Waals surface area (Å²) in [5, 5.41) is 4.26. The Morgan fingerprint density at radius 3 is 2.50 bits per heavy atom. The number of nitrogens with one attached hydrogen (secondary N) is 1. The van der Waals surface area contributed by atoms with Crippen LogP contribution in [0.25, 0.3) is 0 Å². The first-order valence-corrected chi connectivity index (χ1v) is 6.29. The van der Waals surface area contributed by atoms with Crippen molar-refractivity contribution in [3.63, 3.8) is 0 Å². The summed E-state index contributed by atoms with van der Waals surface area (Å²) in [5.74, 6) is -0.234. The van der Waals surface area contributed by atoms with E-state index in [-0.39, 0.29) is 11.9 Å². The summed E-state index contributed by atoms with van der Waals surface area (Å²) in [4.78, 5) is 0. The summed E-state index contributed by atoms with van der Waals surface area (Å²) in [6.07, 6.45) is 0. The van der Waals surface area contributed by atoms with Gasteiger partial charge in [-0.3, -0.25) is 0 Å². The van der Waals surface area contributed by atoms with Crippen molar-refractivity contribution in [1.82, 2.24) is 0 Å². The second kappa shape index (κ2) is 5.59. The van der Waals surface area contributed by atoms with Crippen molar-refractivity contribution >= 4 is 28.9 Å². The number of anilines is 1. The molecular weight excluding hydrogens is 272 g/mol. The highest BCUT2D eigenvalue weighted by Gasteiger charge is 2.11. The minimum atomic E-state index is -0.234. The van der Waals surface area contributed by atoms with Gasteiger partial charge in [0, 0.05) is 10.6 Å². The smallest absolute Gasteiger partial charge is 0.128 e. The van der Waals surface area contributed by atoms with Gasteiger partial charge in [0.25, 0.3) is 0 Å². The Morgan fingerprint density at radius 2 is 1.83 bits per heavy atom. The van der Waals surface area contributed by atoms with E-state index in [1.807, 2.05) is 6.92 Å². The van der Waals surface area contributed by atoms with Crippen LogP contribution >= 0.6 is 23.2 Å². The predicted octanol–water partition coefficient (Wildman–Crippen LogP) is 5.31. The van der Waals surface area contributed by atoms with Gasteiger partial charge in [-0.05, 0) is 31.2 Å². The lowest BCUT2D eigenvalue weighted by Gasteiger charge is -2.17. The van der Waals surface area contributed by atoms with E-state index in [1.165, 1.54) is 6.07 Å². The standard InChI is InChI=1S/C14H12Cl2FN/c1-9(11-4-2-3-5-13(11)17)18-14-7-6-10(15)8-12(14)16/h2-9,18H,1H3. The molecule has 18 heavy (non-hydrogen) atoms. The molecule has 2 aromatic rings. The van der Waals surface area contributed by atoms with Crippen LogP contribution in [0.5, 0.6) is 0 Å². The van der Waals surface area contributed by atoms with Gasteiger partial charge in [0.2, 0.25) is 0 Å². The SMILES string of the molecule is CC(Nc1ccc(Cl)cc1Cl)c1ccccc1F. The van der Waals surface area contributed by atoms with E-state index in [9.17, 15) is 4.39 Å². The Bertz CT molecular complexity index is 557.